The van der Waals surface area contributed by atoms with E-state index in [1.165, 1.54) is 0 Å². The number of aliphatic hydroxyl groups is 2. The molecule has 0 aromatic carbocycles. The van der Waals surface area contributed by atoms with Gasteiger partial charge in [0.15, 0.2) is 0 Å². The second kappa shape index (κ2) is 2.67. The van der Waals surface area contributed by atoms with Gasteiger partial charge in [0.25, 0.3) is 0 Å². The van der Waals surface area contributed by atoms with Gasteiger partial charge in [-0.05, 0) is 20.8 Å². The third-order valence-corrected chi connectivity index (χ3v) is 1.84. The molecule has 0 radical (unpaired) electrons. The van der Waals surface area contributed by atoms with Crippen LogP contribution in [0, 0.1) is 5.92 Å². The smallest absolute Gasteiger partial charge is 0.0641 e. The van der Waals surface area contributed by atoms with Gasteiger partial charge in [0.2, 0.25) is 0 Å². The molecule has 0 unspecified atom stereocenters. The Kier molecular flexibility index (Phi) is 2.65. The van der Waals surface area contributed by atoms with Gasteiger partial charge >= 0.3 is 0 Å². The Bertz CT molecular complexity index is 81.4. The molecule has 0 fully saturated rings. The molecule has 0 saturated heterocycles. The first-order valence-corrected chi connectivity index (χ1v) is 3.26. The van der Waals surface area contributed by atoms with Gasteiger partial charge in [0.05, 0.1) is 11.7 Å². The molecule has 9 heavy (non-hydrogen) atoms. The summed E-state index contributed by atoms with van der Waals surface area (Å²) < 4.78 is 0. The maximum atomic E-state index is 9.30. The summed E-state index contributed by atoms with van der Waals surface area (Å²) in [6.45, 7) is 6.90. The van der Waals surface area contributed by atoms with E-state index in [-0.39, 0.29) is 5.92 Å². The second-order valence-electron chi connectivity index (χ2n) is 3.18. The Balaban J connectivity index is 3.88. The van der Waals surface area contributed by atoms with Crippen LogP contribution in [0.25, 0.3) is 0 Å². The molecule has 0 spiro atoms. The van der Waals surface area contributed by atoms with E-state index in [9.17, 15) is 5.11 Å². The van der Waals surface area contributed by atoms with E-state index in [2.05, 4.69) is 0 Å². The van der Waals surface area contributed by atoms with Gasteiger partial charge in [-0.2, -0.15) is 0 Å². The predicted molar refractivity (Wildman–Crippen MR) is 37.1 cm³/mol. The second-order valence-corrected chi connectivity index (χ2v) is 3.18. The van der Waals surface area contributed by atoms with Crippen molar-refractivity contribution < 1.29 is 10.2 Å². The largest absolute Gasteiger partial charge is 0.393 e. The molecule has 0 aromatic rings. The Hall–Kier alpha value is -0.0800. The zero-order chi connectivity index (χ0) is 7.65. The summed E-state index contributed by atoms with van der Waals surface area (Å²) in [6, 6.07) is 0. The van der Waals surface area contributed by atoms with Gasteiger partial charge in [-0.1, -0.05) is 6.92 Å². The molecule has 0 bridgehead atoms. The highest BCUT2D eigenvalue weighted by Gasteiger charge is 2.25. The lowest BCUT2D eigenvalue weighted by molar-refractivity contribution is -0.0310. The number of rotatable bonds is 2. The lowest BCUT2D eigenvalue weighted by Crippen LogP contribution is -2.35. The third kappa shape index (κ3) is 2.82. The van der Waals surface area contributed by atoms with E-state index < -0.39 is 11.7 Å². The monoisotopic (exact) mass is 132 g/mol. The number of hydrogen-bond acceptors (Lipinski definition) is 2. The van der Waals surface area contributed by atoms with E-state index in [0.29, 0.717) is 0 Å². The zero-order valence-corrected chi connectivity index (χ0v) is 6.55. The summed E-state index contributed by atoms with van der Waals surface area (Å²) in [6.07, 6.45) is -0.440. The van der Waals surface area contributed by atoms with Crippen molar-refractivity contribution in [3.8, 4) is 0 Å². The van der Waals surface area contributed by atoms with Gasteiger partial charge in [0.1, 0.15) is 0 Å². The molecule has 0 aliphatic carbocycles. The maximum Gasteiger partial charge on any atom is 0.0641 e. The van der Waals surface area contributed by atoms with Crippen LogP contribution in [0.5, 0.6) is 0 Å². The molecule has 0 amide bonds. The summed E-state index contributed by atoms with van der Waals surface area (Å²) in [7, 11) is 0. The first kappa shape index (κ1) is 8.92. The average Bonchev–Trinajstić information content (AvgIpc) is 1.62. The molecule has 2 N–H and O–H groups in total. The Morgan fingerprint density at radius 3 is 1.56 bits per heavy atom. The van der Waals surface area contributed by atoms with Crippen molar-refractivity contribution in [2.24, 2.45) is 5.92 Å². The molecule has 0 aromatic heterocycles. The molecule has 0 heterocycles. The van der Waals surface area contributed by atoms with Gasteiger partial charge < -0.3 is 10.2 Å². The molecule has 56 valence electrons. The van der Waals surface area contributed by atoms with Crippen LogP contribution in [0.2, 0.25) is 0 Å². The van der Waals surface area contributed by atoms with Crippen molar-refractivity contribution in [3.05, 3.63) is 0 Å². The molecule has 0 aliphatic heterocycles. The van der Waals surface area contributed by atoms with Crippen LogP contribution in [0.4, 0.5) is 0 Å². The van der Waals surface area contributed by atoms with Crippen LogP contribution in [0.1, 0.15) is 27.7 Å². The van der Waals surface area contributed by atoms with Gasteiger partial charge in [0, 0.05) is 5.92 Å². The molecule has 0 saturated carbocycles. The van der Waals surface area contributed by atoms with Crippen molar-refractivity contribution >= 4 is 0 Å². The molecular formula is C7H16O2. The highest BCUT2D eigenvalue weighted by Crippen LogP contribution is 2.18. The highest BCUT2D eigenvalue weighted by atomic mass is 16.3. The van der Waals surface area contributed by atoms with Gasteiger partial charge in [-0.25, -0.2) is 0 Å². The Labute approximate surface area is 56.5 Å². The summed E-state index contributed by atoms with van der Waals surface area (Å²) >= 11 is 0. The molecule has 0 rings (SSSR count). The van der Waals surface area contributed by atoms with Crippen LogP contribution in [-0.4, -0.2) is 21.9 Å². The standard InChI is InChI=1S/C7H16O2/c1-5(6(2)8)7(3,4)9/h5-6,8-9H,1-4H3/t5-,6-/m1/s1. The average molecular weight is 132 g/mol. The fourth-order valence-corrected chi connectivity index (χ4v) is 0.590. The molecule has 0 aliphatic rings. The Morgan fingerprint density at radius 2 is 1.56 bits per heavy atom. The fourth-order valence-electron chi connectivity index (χ4n) is 0.590. The van der Waals surface area contributed by atoms with Crippen LogP contribution >= 0.6 is 0 Å². The van der Waals surface area contributed by atoms with Crippen LogP contribution in [0.3, 0.4) is 0 Å². The van der Waals surface area contributed by atoms with Crippen molar-refractivity contribution in [2.45, 2.75) is 39.4 Å². The van der Waals surface area contributed by atoms with E-state index in [4.69, 9.17) is 5.11 Å². The van der Waals surface area contributed by atoms with Crippen molar-refractivity contribution in [3.63, 3.8) is 0 Å². The summed E-state index contributed by atoms with van der Waals surface area (Å²) in [4.78, 5) is 0. The molecule has 2 heteroatoms. The minimum Gasteiger partial charge on any atom is -0.393 e. The summed E-state index contributed by atoms with van der Waals surface area (Å²) in [5, 5.41) is 18.3. The predicted octanol–water partition coefficient (Wildman–Crippen LogP) is 0.774. The lowest BCUT2D eigenvalue weighted by Gasteiger charge is -2.27. The maximum absolute atomic E-state index is 9.30. The van der Waals surface area contributed by atoms with Crippen LogP contribution < -0.4 is 0 Å². The van der Waals surface area contributed by atoms with Gasteiger partial charge in [-0.15, -0.1) is 0 Å². The fraction of sp³-hybridized carbons (Fsp3) is 1.00. The number of hydrogen-bond donors (Lipinski definition) is 2. The van der Waals surface area contributed by atoms with Crippen molar-refractivity contribution in [2.75, 3.05) is 0 Å². The number of aliphatic hydroxyl groups excluding tert-OH is 1. The quantitative estimate of drug-likeness (QED) is 0.582. The highest BCUT2D eigenvalue weighted by molar-refractivity contribution is 4.76. The first-order chi connectivity index (χ1) is 3.85. The third-order valence-electron chi connectivity index (χ3n) is 1.84. The minimum absolute atomic E-state index is 0.0718. The van der Waals surface area contributed by atoms with E-state index in [1.54, 1.807) is 20.8 Å². The Morgan fingerprint density at radius 1 is 1.22 bits per heavy atom. The SMILES string of the molecule is C[C@H]([C@@H](C)O)C(C)(C)O. The van der Waals surface area contributed by atoms with Crippen LogP contribution in [-0.2, 0) is 0 Å². The summed E-state index contributed by atoms with van der Waals surface area (Å²) in [5.74, 6) is -0.0718. The van der Waals surface area contributed by atoms with Crippen LogP contribution in [0.15, 0.2) is 0 Å². The van der Waals surface area contributed by atoms with E-state index in [1.807, 2.05) is 6.92 Å². The normalized spacial score (nSPS) is 19.3. The molecule has 2 atom stereocenters. The van der Waals surface area contributed by atoms with E-state index >= 15 is 0 Å². The first-order valence-electron chi connectivity index (χ1n) is 3.26. The minimum atomic E-state index is -0.770. The summed E-state index contributed by atoms with van der Waals surface area (Å²) in [5.41, 5.74) is -0.770. The lowest BCUT2D eigenvalue weighted by atomic mass is 9.89. The van der Waals surface area contributed by atoms with E-state index in [0.717, 1.165) is 0 Å². The van der Waals surface area contributed by atoms with Crippen molar-refractivity contribution in [1.82, 2.24) is 0 Å². The zero-order valence-electron chi connectivity index (χ0n) is 6.55. The molecule has 2 nitrogen and oxygen atoms in total. The molecular weight excluding hydrogens is 116 g/mol. The topological polar surface area (TPSA) is 40.5 Å². The van der Waals surface area contributed by atoms with Crippen molar-refractivity contribution in [1.29, 1.82) is 0 Å². The van der Waals surface area contributed by atoms with Gasteiger partial charge in [-0.3, -0.25) is 0 Å².